The maximum atomic E-state index is 14.3. The summed E-state index contributed by atoms with van der Waals surface area (Å²) in [6.45, 7) is 4.21. The van der Waals surface area contributed by atoms with E-state index in [1.54, 1.807) is 19.1 Å². The molecule has 0 aliphatic carbocycles. The van der Waals surface area contributed by atoms with Crippen LogP contribution in [0.25, 0.3) is 0 Å². The number of aliphatic imine (C=N–C) groups is 1. The Bertz CT molecular complexity index is 1770. The van der Waals surface area contributed by atoms with Gasteiger partial charge >= 0.3 is 6.03 Å². The first-order valence-electron chi connectivity index (χ1n) is 20.3. The van der Waals surface area contributed by atoms with Gasteiger partial charge in [0.1, 0.15) is 17.5 Å². The van der Waals surface area contributed by atoms with Crippen molar-refractivity contribution in [2.75, 3.05) is 39.3 Å². The highest BCUT2D eigenvalue weighted by Gasteiger charge is 2.28. The lowest BCUT2D eigenvalue weighted by molar-refractivity contribution is -0.129. The number of carbonyl (C=O) groups is 5. The van der Waals surface area contributed by atoms with E-state index in [2.05, 4.69) is 36.9 Å². The number of phenols is 1. The van der Waals surface area contributed by atoms with Crippen LogP contribution < -0.4 is 48.1 Å². The second-order valence-electron chi connectivity index (χ2n) is 13.9. The Kier molecular flexibility index (Phi) is 22.0. The second kappa shape index (κ2) is 27.5. The average Bonchev–Trinajstić information content (AvgIpc) is 3.23. The maximum Gasteiger partial charge on any atom is 0.344 e. The molecule has 3 aromatic carbocycles. The molecule has 1 unspecified atom stereocenters. The van der Waals surface area contributed by atoms with Crippen LogP contribution in [0.1, 0.15) is 87.3 Å². The zero-order valence-electron chi connectivity index (χ0n) is 34.0. The number of amides is 6. The number of nitrogens with zero attached hydrogens (tertiary/aromatic N) is 1. The number of nitrogens with one attached hydrogen (secondary N) is 6. The van der Waals surface area contributed by atoms with Crippen molar-refractivity contribution in [1.82, 2.24) is 31.9 Å². The van der Waals surface area contributed by atoms with Gasteiger partial charge in [0, 0.05) is 45.6 Å². The van der Waals surface area contributed by atoms with Crippen molar-refractivity contribution in [2.24, 2.45) is 16.5 Å². The van der Waals surface area contributed by atoms with Crippen molar-refractivity contribution in [3.8, 4) is 11.5 Å². The van der Waals surface area contributed by atoms with Crippen molar-refractivity contribution in [3.05, 3.63) is 95.6 Å². The third kappa shape index (κ3) is 19.2. The van der Waals surface area contributed by atoms with E-state index in [0.717, 1.165) is 43.2 Å². The molecule has 0 spiro atoms. The first kappa shape index (κ1) is 47.2. The Hall–Kier alpha value is -6.16. The van der Waals surface area contributed by atoms with Crippen LogP contribution in [0.4, 0.5) is 4.79 Å². The molecule has 0 aliphatic heterocycles. The normalized spacial score (nSPS) is 12.1. The Balaban J connectivity index is 1.65. The van der Waals surface area contributed by atoms with Gasteiger partial charge in [0.05, 0.1) is 12.5 Å². The second-order valence-corrected chi connectivity index (χ2v) is 13.9. The highest BCUT2D eigenvalue weighted by atomic mass is 16.5. The number of hydrogen-bond acceptors (Lipinski definition) is 8. The van der Waals surface area contributed by atoms with Gasteiger partial charge in [-0.25, -0.2) is 4.79 Å². The molecule has 320 valence electrons. The third-order valence-corrected chi connectivity index (χ3v) is 9.13. The number of ether oxygens (including phenoxy) is 1. The van der Waals surface area contributed by atoms with E-state index in [4.69, 9.17) is 16.2 Å². The molecule has 59 heavy (non-hydrogen) atoms. The highest BCUT2D eigenvalue weighted by molar-refractivity contribution is 5.93. The molecule has 2 atom stereocenters. The zero-order chi connectivity index (χ0) is 42.7. The number of urea groups is 1. The Morgan fingerprint density at radius 1 is 0.712 bits per heavy atom. The number of hydrogen-bond donors (Lipinski definition) is 9. The van der Waals surface area contributed by atoms with Crippen LogP contribution in [-0.4, -0.2) is 86.1 Å². The number of phenolic OH excluding ortho intramolecular Hbond substituents is 1. The molecule has 0 heterocycles. The summed E-state index contributed by atoms with van der Waals surface area (Å²) in [4.78, 5) is 67.2. The summed E-state index contributed by atoms with van der Waals surface area (Å²) in [6, 6.07) is 21.4. The quantitative estimate of drug-likeness (QED) is 0.0325. The van der Waals surface area contributed by atoms with Crippen LogP contribution in [0.5, 0.6) is 11.5 Å². The van der Waals surface area contributed by atoms with Gasteiger partial charge in [-0.3, -0.25) is 19.2 Å². The first-order valence-corrected chi connectivity index (χ1v) is 20.3. The van der Waals surface area contributed by atoms with E-state index in [0.29, 0.717) is 50.3 Å². The number of guanidine groups is 1. The molecular formula is C43H61N9O7. The summed E-state index contributed by atoms with van der Waals surface area (Å²) >= 11 is 0. The van der Waals surface area contributed by atoms with Gasteiger partial charge in [0.2, 0.25) is 23.6 Å². The first-order chi connectivity index (χ1) is 28.6. The zero-order valence-corrected chi connectivity index (χ0v) is 34.0. The average molecular weight is 816 g/mol. The smallest absolute Gasteiger partial charge is 0.344 e. The lowest BCUT2D eigenvalue weighted by Crippen LogP contribution is -2.48. The van der Waals surface area contributed by atoms with Gasteiger partial charge in [-0.15, -0.1) is 0 Å². The van der Waals surface area contributed by atoms with Crippen LogP contribution >= 0.6 is 0 Å². The molecule has 0 fully saturated rings. The Labute approximate surface area is 346 Å². The summed E-state index contributed by atoms with van der Waals surface area (Å²) in [7, 11) is 0. The molecule has 0 saturated heterocycles. The van der Waals surface area contributed by atoms with Gasteiger partial charge in [-0.2, -0.15) is 4.99 Å². The summed E-state index contributed by atoms with van der Waals surface area (Å²) in [5, 5.41) is 26.5. The van der Waals surface area contributed by atoms with Gasteiger partial charge in [-0.05, 0) is 86.0 Å². The molecule has 3 aromatic rings. The van der Waals surface area contributed by atoms with Crippen LogP contribution in [-0.2, 0) is 25.7 Å². The predicted molar refractivity (Wildman–Crippen MR) is 227 cm³/mol. The minimum atomic E-state index is -0.946. The topological polar surface area (TPSA) is 251 Å². The lowest BCUT2D eigenvalue weighted by atomic mass is 9.90. The molecule has 3 rings (SSSR count). The van der Waals surface area contributed by atoms with E-state index in [1.807, 2.05) is 54.6 Å². The van der Waals surface area contributed by atoms with Gasteiger partial charge < -0.3 is 53.2 Å². The Morgan fingerprint density at radius 2 is 1.42 bits per heavy atom. The van der Waals surface area contributed by atoms with Crippen molar-refractivity contribution < 1.29 is 33.8 Å². The molecule has 16 nitrogen and oxygen atoms in total. The Morgan fingerprint density at radius 3 is 2.17 bits per heavy atom. The van der Waals surface area contributed by atoms with Crippen LogP contribution in [0, 0.1) is 0 Å². The van der Waals surface area contributed by atoms with Gasteiger partial charge in [-0.1, -0.05) is 67.9 Å². The van der Waals surface area contributed by atoms with Gasteiger partial charge in [0.15, 0.2) is 5.96 Å². The number of nitrogens with two attached hydrogens (primary N) is 2. The summed E-state index contributed by atoms with van der Waals surface area (Å²) < 4.78 is 6.05. The van der Waals surface area contributed by atoms with E-state index < -0.39 is 29.8 Å². The minimum Gasteiger partial charge on any atom is -0.508 e. The number of carbonyl (C=O) groups excluding carboxylic acids is 5. The van der Waals surface area contributed by atoms with E-state index in [1.165, 1.54) is 12.1 Å². The monoisotopic (exact) mass is 815 g/mol. The van der Waals surface area contributed by atoms with Crippen molar-refractivity contribution >= 4 is 35.6 Å². The van der Waals surface area contributed by atoms with Crippen LogP contribution in [0.3, 0.4) is 0 Å². The van der Waals surface area contributed by atoms with Crippen molar-refractivity contribution in [2.45, 2.75) is 83.2 Å². The standard InChI is InChI=1S/C43H61N9O7/c1-2-37(54)47-26-27-49-43(58)52-42(45)48-25-12-17-36(40(56)50-30-31-19-21-34(53)22-20-31)51-41(57)39(32-13-5-3-6-14-32)33-15-11-16-35(29-33)59-28-10-9-24-46-38(55)18-7-4-8-23-44/h3,5-6,11,13-16,19-22,29,36,39,53H,2,4,7-10,12,17-18,23-28,30,44H2,1H3,(H,46,55)(H,47,54)(H,50,56)(H,51,57)(H4,45,48,49,52,58)/t36-,39?/m1/s1. The van der Waals surface area contributed by atoms with E-state index >= 15 is 0 Å². The fourth-order valence-electron chi connectivity index (χ4n) is 5.92. The molecular weight excluding hydrogens is 755 g/mol. The van der Waals surface area contributed by atoms with Crippen molar-refractivity contribution in [1.29, 1.82) is 0 Å². The largest absolute Gasteiger partial charge is 0.508 e. The van der Waals surface area contributed by atoms with Crippen LogP contribution in [0.15, 0.2) is 83.9 Å². The summed E-state index contributed by atoms with van der Waals surface area (Å²) in [5.74, 6) is -1.10. The lowest BCUT2D eigenvalue weighted by Gasteiger charge is -2.24. The molecule has 0 radical (unpaired) electrons. The SMILES string of the molecule is CCC(=O)NCCNC(=O)/N=C(/N)NCCC[C@@H](NC(=O)C(c1ccccc1)c1cccc(OCCCCNC(=O)CCCCCN)c1)C(=O)NCc1ccc(O)cc1. The predicted octanol–water partition coefficient (Wildman–Crippen LogP) is 3.04. The fourth-order valence-corrected chi connectivity index (χ4v) is 5.92. The molecule has 0 saturated carbocycles. The third-order valence-electron chi connectivity index (χ3n) is 9.13. The minimum absolute atomic E-state index is 0.0402. The number of unbranched alkanes of at least 4 members (excludes halogenated alkanes) is 3. The van der Waals surface area contributed by atoms with Crippen LogP contribution in [0.2, 0.25) is 0 Å². The summed E-state index contributed by atoms with van der Waals surface area (Å²) in [5.41, 5.74) is 13.6. The molecule has 6 amide bonds. The summed E-state index contributed by atoms with van der Waals surface area (Å²) in [6.07, 6.45) is 5.60. The highest BCUT2D eigenvalue weighted by Crippen LogP contribution is 2.28. The number of aromatic hydroxyl groups is 1. The van der Waals surface area contributed by atoms with E-state index in [9.17, 15) is 29.1 Å². The molecule has 0 bridgehead atoms. The molecule has 0 aromatic heterocycles. The van der Waals surface area contributed by atoms with Gasteiger partial charge in [0.25, 0.3) is 0 Å². The number of benzene rings is 3. The number of rotatable bonds is 26. The molecule has 0 aliphatic rings. The van der Waals surface area contributed by atoms with E-state index in [-0.39, 0.29) is 56.1 Å². The molecule has 16 heteroatoms. The van der Waals surface area contributed by atoms with Crippen molar-refractivity contribution in [3.63, 3.8) is 0 Å². The maximum absolute atomic E-state index is 14.3. The molecule has 11 N–H and O–H groups in total. The fraction of sp³-hybridized carbons (Fsp3) is 0.442.